The maximum absolute atomic E-state index is 12.2. The molecular formula is C21H31N3O5. The lowest BCUT2D eigenvalue weighted by Gasteiger charge is -2.31. The molecule has 1 heterocycles. The zero-order chi connectivity index (χ0) is 21.3. The Labute approximate surface area is 171 Å². The molecule has 1 aliphatic rings. The highest BCUT2D eigenvalue weighted by Crippen LogP contribution is 2.13. The second kappa shape index (κ2) is 10.7. The molecule has 1 saturated heterocycles. The molecule has 0 aromatic heterocycles. The summed E-state index contributed by atoms with van der Waals surface area (Å²) in [7, 11) is 0. The fourth-order valence-electron chi connectivity index (χ4n) is 2.91. The molecule has 0 saturated carbocycles. The Morgan fingerprint density at radius 1 is 1.10 bits per heavy atom. The molecule has 2 rings (SSSR count). The van der Waals surface area contributed by atoms with Crippen molar-refractivity contribution in [1.82, 2.24) is 15.5 Å². The zero-order valence-electron chi connectivity index (χ0n) is 17.4. The number of nitrogens with one attached hydrogen (secondary N) is 2. The number of hydrogen-bond acceptors (Lipinski definition) is 5. The van der Waals surface area contributed by atoms with E-state index in [1.54, 1.807) is 25.7 Å². The molecule has 1 aromatic rings. The molecule has 0 aliphatic carbocycles. The summed E-state index contributed by atoms with van der Waals surface area (Å²) >= 11 is 0. The van der Waals surface area contributed by atoms with E-state index in [1.807, 2.05) is 30.3 Å². The molecule has 3 amide bonds. The molecule has 1 fully saturated rings. The number of nitrogens with zero attached hydrogens (tertiary/aromatic N) is 1. The second-order valence-electron chi connectivity index (χ2n) is 8.05. The van der Waals surface area contributed by atoms with Crippen molar-refractivity contribution >= 4 is 18.1 Å². The molecule has 0 bridgehead atoms. The first-order valence-corrected chi connectivity index (χ1v) is 9.95. The van der Waals surface area contributed by atoms with Gasteiger partial charge in [0.25, 0.3) is 0 Å². The highest BCUT2D eigenvalue weighted by atomic mass is 16.6. The van der Waals surface area contributed by atoms with E-state index in [0.29, 0.717) is 25.9 Å². The van der Waals surface area contributed by atoms with Crippen molar-refractivity contribution in [3.63, 3.8) is 0 Å². The van der Waals surface area contributed by atoms with Gasteiger partial charge in [0.15, 0.2) is 0 Å². The summed E-state index contributed by atoms with van der Waals surface area (Å²) < 4.78 is 10.5. The van der Waals surface area contributed by atoms with Crippen molar-refractivity contribution in [2.75, 3.05) is 19.6 Å². The lowest BCUT2D eigenvalue weighted by molar-refractivity contribution is -0.121. The SMILES string of the molecule is CC(C)(C)OC(=O)NCCC(=O)NC1CCN(C(=O)OCc2ccccc2)CC1. The quantitative estimate of drug-likeness (QED) is 0.759. The van der Waals surface area contributed by atoms with Gasteiger partial charge >= 0.3 is 12.2 Å². The summed E-state index contributed by atoms with van der Waals surface area (Å²) in [6, 6.07) is 9.56. The van der Waals surface area contributed by atoms with Crippen LogP contribution in [-0.4, -0.2) is 54.3 Å². The van der Waals surface area contributed by atoms with Gasteiger partial charge in [0.1, 0.15) is 12.2 Å². The summed E-state index contributed by atoms with van der Waals surface area (Å²) in [5.41, 5.74) is 0.380. The monoisotopic (exact) mass is 405 g/mol. The van der Waals surface area contributed by atoms with Crippen LogP contribution in [0.1, 0.15) is 45.6 Å². The van der Waals surface area contributed by atoms with E-state index in [4.69, 9.17) is 9.47 Å². The number of hydrogen-bond donors (Lipinski definition) is 2. The van der Waals surface area contributed by atoms with Crippen molar-refractivity contribution < 1.29 is 23.9 Å². The number of benzene rings is 1. The Hall–Kier alpha value is -2.77. The molecule has 160 valence electrons. The van der Waals surface area contributed by atoms with Gasteiger partial charge in [0.2, 0.25) is 5.91 Å². The average Bonchev–Trinajstić information content (AvgIpc) is 2.66. The molecule has 0 radical (unpaired) electrons. The molecular weight excluding hydrogens is 374 g/mol. The Kier molecular flexibility index (Phi) is 8.30. The fourth-order valence-corrected chi connectivity index (χ4v) is 2.91. The topological polar surface area (TPSA) is 97.0 Å². The molecule has 1 aliphatic heterocycles. The van der Waals surface area contributed by atoms with Crippen molar-refractivity contribution in [3.8, 4) is 0 Å². The van der Waals surface area contributed by atoms with Gasteiger partial charge in [-0.3, -0.25) is 4.79 Å². The smallest absolute Gasteiger partial charge is 0.410 e. The van der Waals surface area contributed by atoms with Crippen LogP contribution in [0.2, 0.25) is 0 Å². The van der Waals surface area contributed by atoms with Crippen LogP contribution in [0, 0.1) is 0 Å². The van der Waals surface area contributed by atoms with Gasteiger partial charge in [0, 0.05) is 32.1 Å². The first-order valence-electron chi connectivity index (χ1n) is 9.95. The predicted molar refractivity (Wildman–Crippen MR) is 108 cm³/mol. The first-order chi connectivity index (χ1) is 13.7. The van der Waals surface area contributed by atoms with E-state index in [2.05, 4.69) is 10.6 Å². The molecule has 0 spiro atoms. The number of carbonyl (C=O) groups excluding carboxylic acids is 3. The normalized spacial score (nSPS) is 14.8. The summed E-state index contributed by atoms with van der Waals surface area (Å²) in [4.78, 5) is 37.4. The minimum atomic E-state index is -0.567. The van der Waals surface area contributed by atoms with E-state index in [1.165, 1.54) is 0 Å². The third-order valence-electron chi connectivity index (χ3n) is 4.34. The van der Waals surface area contributed by atoms with E-state index in [0.717, 1.165) is 5.56 Å². The molecule has 8 heteroatoms. The van der Waals surface area contributed by atoms with E-state index in [-0.39, 0.29) is 37.6 Å². The van der Waals surface area contributed by atoms with Crippen molar-refractivity contribution in [2.24, 2.45) is 0 Å². The van der Waals surface area contributed by atoms with Crippen LogP contribution < -0.4 is 10.6 Å². The molecule has 8 nitrogen and oxygen atoms in total. The van der Waals surface area contributed by atoms with E-state index >= 15 is 0 Å². The van der Waals surface area contributed by atoms with Crippen LogP contribution in [-0.2, 0) is 20.9 Å². The molecule has 0 unspecified atom stereocenters. The standard InChI is InChI=1S/C21H31N3O5/c1-21(2,3)29-19(26)22-12-9-18(25)23-17-10-13-24(14-11-17)20(27)28-15-16-7-5-4-6-8-16/h4-8,17H,9-15H2,1-3H3,(H,22,26)(H,23,25). The molecule has 29 heavy (non-hydrogen) atoms. The van der Waals surface area contributed by atoms with Crippen molar-refractivity contribution in [1.29, 1.82) is 0 Å². The zero-order valence-corrected chi connectivity index (χ0v) is 17.4. The fraction of sp³-hybridized carbons (Fsp3) is 0.571. The van der Waals surface area contributed by atoms with Crippen LogP contribution in [0.4, 0.5) is 9.59 Å². The number of piperidine rings is 1. The average molecular weight is 405 g/mol. The summed E-state index contributed by atoms with van der Waals surface area (Å²) in [5.74, 6) is -0.133. The number of alkyl carbamates (subject to hydrolysis) is 1. The van der Waals surface area contributed by atoms with Gasteiger partial charge in [-0.2, -0.15) is 0 Å². The van der Waals surface area contributed by atoms with Gasteiger partial charge < -0.3 is 25.0 Å². The van der Waals surface area contributed by atoms with Crippen LogP contribution in [0.5, 0.6) is 0 Å². The number of carbonyl (C=O) groups is 3. The summed E-state index contributed by atoms with van der Waals surface area (Å²) in [5, 5.41) is 5.51. The van der Waals surface area contributed by atoms with Gasteiger partial charge in [-0.1, -0.05) is 30.3 Å². The van der Waals surface area contributed by atoms with Crippen molar-refractivity contribution in [2.45, 2.75) is 58.3 Å². The summed E-state index contributed by atoms with van der Waals surface area (Å²) in [6.07, 6.45) is 0.656. The number of likely N-dealkylation sites (tertiary alicyclic amines) is 1. The first kappa shape index (κ1) is 22.5. The maximum atomic E-state index is 12.2. The van der Waals surface area contributed by atoms with Crippen LogP contribution in [0.3, 0.4) is 0 Å². The lowest BCUT2D eigenvalue weighted by Crippen LogP contribution is -2.47. The summed E-state index contributed by atoms with van der Waals surface area (Å²) in [6.45, 7) is 6.88. The van der Waals surface area contributed by atoms with E-state index < -0.39 is 11.7 Å². The highest BCUT2D eigenvalue weighted by molar-refractivity contribution is 5.77. The molecule has 0 atom stereocenters. The van der Waals surface area contributed by atoms with Gasteiger partial charge in [-0.05, 0) is 39.2 Å². The van der Waals surface area contributed by atoms with Gasteiger partial charge in [-0.15, -0.1) is 0 Å². The van der Waals surface area contributed by atoms with Crippen LogP contribution >= 0.6 is 0 Å². The molecule has 2 N–H and O–H groups in total. The van der Waals surface area contributed by atoms with Crippen LogP contribution in [0.15, 0.2) is 30.3 Å². The number of ether oxygens (including phenoxy) is 2. The highest BCUT2D eigenvalue weighted by Gasteiger charge is 2.24. The number of amides is 3. The van der Waals surface area contributed by atoms with Gasteiger partial charge in [-0.25, -0.2) is 9.59 Å². The predicted octanol–water partition coefficient (Wildman–Crippen LogP) is 2.82. The van der Waals surface area contributed by atoms with E-state index in [9.17, 15) is 14.4 Å². The van der Waals surface area contributed by atoms with Crippen LogP contribution in [0.25, 0.3) is 0 Å². The lowest BCUT2D eigenvalue weighted by atomic mass is 10.1. The third kappa shape index (κ3) is 8.85. The Bertz CT molecular complexity index is 679. The molecule has 1 aromatic carbocycles. The Morgan fingerprint density at radius 3 is 2.38 bits per heavy atom. The number of rotatable bonds is 6. The minimum Gasteiger partial charge on any atom is -0.445 e. The van der Waals surface area contributed by atoms with Gasteiger partial charge in [0.05, 0.1) is 0 Å². The Morgan fingerprint density at radius 2 is 1.76 bits per heavy atom. The maximum Gasteiger partial charge on any atom is 0.410 e. The minimum absolute atomic E-state index is 0.0159. The third-order valence-corrected chi connectivity index (χ3v) is 4.34. The second-order valence-corrected chi connectivity index (χ2v) is 8.05. The van der Waals surface area contributed by atoms with Crippen molar-refractivity contribution in [3.05, 3.63) is 35.9 Å². The largest absolute Gasteiger partial charge is 0.445 e. The Balaban J connectivity index is 1.60.